The lowest BCUT2D eigenvalue weighted by molar-refractivity contribution is 1.12. The van der Waals surface area contributed by atoms with Gasteiger partial charge in [0.1, 0.15) is 11.6 Å². The number of aromatic nitrogens is 3. The van der Waals surface area contributed by atoms with Crippen molar-refractivity contribution in [2.45, 2.75) is 0 Å². The fraction of sp³-hybridized carbons (Fsp3) is 0.176. The van der Waals surface area contributed by atoms with Crippen LogP contribution in [0.5, 0.6) is 0 Å². The van der Waals surface area contributed by atoms with Crippen LogP contribution in [0.2, 0.25) is 0 Å². The number of fused-ring (bicyclic) bond motifs is 1. The second-order valence-electron chi connectivity index (χ2n) is 5.27. The number of nitrogens with one attached hydrogen (secondary N) is 1. The summed E-state index contributed by atoms with van der Waals surface area (Å²) in [5.74, 6) is 0.667. The van der Waals surface area contributed by atoms with Gasteiger partial charge in [0.05, 0.1) is 22.5 Å². The maximum atomic E-state index is 9.38. The summed E-state index contributed by atoms with van der Waals surface area (Å²) in [6.07, 6.45) is 3.30. The SMILES string of the molecule is CNc1nc(-c2ccc(N(C)C)c(C#N)c2)cc2nccnc12. The molecular formula is C17H16N6. The summed E-state index contributed by atoms with van der Waals surface area (Å²) in [5, 5.41) is 12.4. The van der Waals surface area contributed by atoms with E-state index in [-0.39, 0.29) is 0 Å². The normalized spacial score (nSPS) is 10.3. The number of benzene rings is 1. The Balaban J connectivity index is 2.19. The molecule has 0 bridgehead atoms. The Morgan fingerprint density at radius 2 is 1.91 bits per heavy atom. The molecule has 23 heavy (non-hydrogen) atoms. The van der Waals surface area contributed by atoms with Gasteiger partial charge in [0.2, 0.25) is 0 Å². The highest BCUT2D eigenvalue weighted by atomic mass is 15.1. The molecule has 0 radical (unpaired) electrons. The lowest BCUT2D eigenvalue weighted by Gasteiger charge is -2.15. The van der Waals surface area contributed by atoms with Gasteiger partial charge in [-0.1, -0.05) is 6.07 Å². The van der Waals surface area contributed by atoms with Crippen LogP contribution in [0.1, 0.15) is 5.56 Å². The Morgan fingerprint density at radius 1 is 1.13 bits per heavy atom. The van der Waals surface area contributed by atoms with Crippen LogP contribution in [0.25, 0.3) is 22.3 Å². The van der Waals surface area contributed by atoms with Gasteiger partial charge in [0.25, 0.3) is 0 Å². The highest BCUT2D eigenvalue weighted by molar-refractivity contribution is 5.88. The number of anilines is 2. The molecule has 1 aromatic carbocycles. The molecule has 0 saturated heterocycles. The molecule has 0 fully saturated rings. The van der Waals surface area contributed by atoms with Crippen LogP contribution in [0, 0.1) is 11.3 Å². The zero-order valence-electron chi connectivity index (χ0n) is 13.2. The van der Waals surface area contributed by atoms with Gasteiger partial charge >= 0.3 is 0 Å². The molecule has 3 aromatic rings. The third-order valence-corrected chi connectivity index (χ3v) is 3.59. The van der Waals surface area contributed by atoms with Gasteiger partial charge < -0.3 is 10.2 Å². The molecule has 114 valence electrons. The Labute approximate surface area is 134 Å². The van der Waals surface area contributed by atoms with E-state index in [9.17, 15) is 5.26 Å². The second-order valence-corrected chi connectivity index (χ2v) is 5.27. The number of hydrogen-bond donors (Lipinski definition) is 1. The van der Waals surface area contributed by atoms with Crippen molar-refractivity contribution >= 4 is 22.5 Å². The van der Waals surface area contributed by atoms with E-state index < -0.39 is 0 Å². The summed E-state index contributed by atoms with van der Waals surface area (Å²) >= 11 is 0. The van der Waals surface area contributed by atoms with Crippen LogP contribution in [0.4, 0.5) is 11.5 Å². The van der Waals surface area contributed by atoms with Crippen LogP contribution >= 0.6 is 0 Å². The Morgan fingerprint density at radius 3 is 2.61 bits per heavy atom. The number of nitriles is 1. The van der Waals surface area contributed by atoms with E-state index in [1.54, 1.807) is 19.4 Å². The van der Waals surface area contributed by atoms with E-state index in [4.69, 9.17) is 0 Å². The summed E-state index contributed by atoms with van der Waals surface area (Å²) in [6, 6.07) is 9.85. The fourth-order valence-electron chi connectivity index (χ4n) is 2.47. The first-order chi connectivity index (χ1) is 11.1. The summed E-state index contributed by atoms with van der Waals surface area (Å²) in [7, 11) is 5.63. The van der Waals surface area contributed by atoms with Crippen molar-refractivity contribution in [2.75, 3.05) is 31.4 Å². The van der Waals surface area contributed by atoms with Crippen LogP contribution in [-0.4, -0.2) is 36.1 Å². The van der Waals surface area contributed by atoms with E-state index in [1.165, 1.54) is 0 Å². The lowest BCUT2D eigenvalue weighted by Crippen LogP contribution is -2.10. The Hall–Kier alpha value is -3.20. The average molecular weight is 304 g/mol. The van der Waals surface area contributed by atoms with Crippen LogP contribution in [-0.2, 0) is 0 Å². The summed E-state index contributed by atoms with van der Waals surface area (Å²) in [4.78, 5) is 15.2. The molecule has 3 rings (SSSR count). The first-order valence-corrected chi connectivity index (χ1v) is 7.15. The molecule has 2 aromatic heterocycles. The molecule has 0 amide bonds. The third kappa shape index (κ3) is 2.64. The topological polar surface area (TPSA) is 77.7 Å². The molecule has 0 aliphatic heterocycles. The predicted octanol–water partition coefficient (Wildman–Crippen LogP) is 2.67. The van der Waals surface area contributed by atoms with E-state index in [2.05, 4.69) is 26.3 Å². The van der Waals surface area contributed by atoms with Crippen molar-refractivity contribution in [1.29, 1.82) is 5.26 Å². The number of rotatable bonds is 3. The monoisotopic (exact) mass is 304 g/mol. The predicted molar refractivity (Wildman–Crippen MR) is 91.4 cm³/mol. The zero-order chi connectivity index (χ0) is 16.4. The molecular weight excluding hydrogens is 288 g/mol. The van der Waals surface area contributed by atoms with Gasteiger partial charge in [0, 0.05) is 39.1 Å². The maximum absolute atomic E-state index is 9.38. The van der Waals surface area contributed by atoms with E-state index in [0.717, 1.165) is 28.0 Å². The maximum Gasteiger partial charge on any atom is 0.154 e. The van der Waals surface area contributed by atoms with Crippen molar-refractivity contribution in [3.8, 4) is 17.3 Å². The van der Waals surface area contributed by atoms with Crippen LogP contribution < -0.4 is 10.2 Å². The number of pyridine rings is 1. The van der Waals surface area contributed by atoms with Crippen molar-refractivity contribution in [1.82, 2.24) is 15.0 Å². The molecule has 6 heteroatoms. The molecule has 6 nitrogen and oxygen atoms in total. The van der Waals surface area contributed by atoms with Crippen molar-refractivity contribution < 1.29 is 0 Å². The van der Waals surface area contributed by atoms with Gasteiger partial charge in [-0.05, 0) is 18.2 Å². The third-order valence-electron chi connectivity index (χ3n) is 3.59. The second kappa shape index (κ2) is 5.89. The largest absolute Gasteiger partial charge is 0.377 e. The minimum atomic E-state index is 0.611. The fourth-order valence-corrected chi connectivity index (χ4v) is 2.47. The zero-order valence-corrected chi connectivity index (χ0v) is 13.2. The van der Waals surface area contributed by atoms with Gasteiger partial charge in [0.15, 0.2) is 5.82 Å². The van der Waals surface area contributed by atoms with Gasteiger partial charge in [-0.25, -0.2) is 9.97 Å². The van der Waals surface area contributed by atoms with Crippen molar-refractivity contribution in [2.24, 2.45) is 0 Å². The van der Waals surface area contributed by atoms with Crippen molar-refractivity contribution in [3.05, 3.63) is 42.2 Å². The van der Waals surface area contributed by atoms with E-state index in [1.807, 2.05) is 43.3 Å². The smallest absolute Gasteiger partial charge is 0.154 e. The lowest BCUT2D eigenvalue weighted by atomic mass is 10.1. The van der Waals surface area contributed by atoms with Crippen molar-refractivity contribution in [3.63, 3.8) is 0 Å². The first-order valence-electron chi connectivity index (χ1n) is 7.15. The first kappa shape index (κ1) is 14.7. The molecule has 0 unspecified atom stereocenters. The average Bonchev–Trinajstić information content (AvgIpc) is 2.59. The quantitative estimate of drug-likeness (QED) is 0.801. The summed E-state index contributed by atoms with van der Waals surface area (Å²) in [5.41, 5.74) is 4.60. The highest BCUT2D eigenvalue weighted by Gasteiger charge is 2.11. The Kier molecular flexibility index (Phi) is 3.77. The van der Waals surface area contributed by atoms with E-state index in [0.29, 0.717) is 11.4 Å². The molecule has 0 aliphatic rings. The van der Waals surface area contributed by atoms with Crippen LogP contribution in [0.15, 0.2) is 36.7 Å². The standard InChI is InChI=1S/C17H16N6/c1-19-17-16-14(20-6-7-21-16)9-13(22-17)11-4-5-15(23(2)3)12(8-11)10-18/h4-9H,1-3H3,(H,19,22). The number of hydrogen-bond acceptors (Lipinski definition) is 6. The number of nitrogens with zero attached hydrogens (tertiary/aromatic N) is 5. The molecule has 0 spiro atoms. The van der Waals surface area contributed by atoms with Gasteiger partial charge in [-0.15, -0.1) is 0 Å². The molecule has 1 N–H and O–H groups in total. The summed E-state index contributed by atoms with van der Waals surface area (Å²) in [6.45, 7) is 0. The van der Waals surface area contributed by atoms with E-state index >= 15 is 0 Å². The molecule has 2 heterocycles. The highest BCUT2D eigenvalue weighted by Crippen LogP contribution is 2.28. The van der Waals surface area contributed by atoms with Gasteiger partial charge in [-0.3, -0.25) is 4.98 Å². The van der Waals surface area contributed by atoms with Gasteiger partial charge in [-0.2, -0.15) is 5.26 Å². The van der Waals surface area contributed by atoms with Crippen LogP contribution in [0.3, 0.4) is 0 Å². The molecule has 0 saturated carbocycles. The summed E-state index contributed by atoms with van der Waals surface area (Å²) < 4.78 is 0. The Bertz CT molecular complexity index is 911. The minimum Gasteiger partial charge on any atom is -0.377 e. The molecule has 0 atom stereocenters. The minimum absolute atomic E-state index is 0.611. The molecule has 0 aliphatic carbocycles.